The number of hydrogen-bond donors (Lipinski definition) is 1. The molecule has 0 spiro atoms. The number of fused-ring (bicyclic) bond motifs is 1. The van der Waals surface area contributed by atoms with Gasteiger partial charge in [0.05, 0.1) is 11.4 Å². The van der Waals surface area contributed by atoms with Crippen molar-refractivity contribution in [3.63, 3.8) is 0 Å². The number of H-pyrrole nitrogens is 1. The van der Waals surface area contributed by atoms with Gasteiger partial charge in [0.25, 0.3) is 5.91 Å². The van der Waals surface area contributed by atoms with Crippen LogP contribution in [0.4, 0.5) is 4.39 Å². The molecule has 2 amide bonds. The number of amides is 2. The molecule has 3 rings (SSSR count). The van der Waals surface area contributed by atoms with E-state index < -0.39 is 6.04 Å². The molecular weight excluding hydrogens is 409 g/mol. The average molecular weight is 428 g/mol. The second-order valence-electron chi connectivity index (χ2n) is 6.37. The second kappa shape index (κ2) is 6.99. The molecule has 0 saturated carbocycles. The van der Waals surface area contributed by atoms with Gasteiger partial charge >= 0.3 is 0 Å². The molecule has 1 fully saturated rings. The molecule has 1 aromatic heterocycles. The van der Waals surface area contributed by atoms with E-state index in [0.717, 1.165) is 5.39 Å². The monoisotopic (exact) mass is 427 g/mol. The van der Waals surface area contributed by atoms with Crippen LogP contribution in [0.2, 0.25) is 0 Å². The Bertz CT molecular complexity index is 839. The number of hydrogen-bond acceptors (Lipinski definition) is 3. The van der Waals surface area contributed by atoms with Gasteiger partial charge in [-0.15, -0.1) is 11.8 Å². The lowest BCUT2D eigenvalue weighted by molar-refractivity contribution is -0.135. The minimum atomic E-state index is -0.475. The Balaban J connectivity index is 1.89. The maximum Gasteiger partial charge on any atom is 0.271 e. The van der Waals surface area contributed by atoms with Crippen molar-refractivity contribution in [1.29, 1.82) is 0 Å². The summed E-state index contributed by atoms with van der Waals surface area (Å²) in [6.07, 6.45) is 0. The zero-order chi connectivity index (χ0) is 18.3. The summed E-state index contributed by atoms with van der Waals surface area (Å²) < 4.78 is 14.1. The Morgan fingerprint density at radius 3 is 2.80 bits per heavy atom. The lowest BCUT2D eigenvalue weighted by Gasteiger charge is -2.29. The Morgan fingerprint density at radius 2 is 2.12 bits per heavy atom. The summed E-state index contributed by atoms with van der Waals surface area (Å²) in [5.41, 5.74) is 0.901. The Kier molecular flexibility index (Phi) is 5.11. The molecule has 8 heteroatoms. The van der Waals surface area contributed by atoms with E-state index in [4.69, 9.17) is 0 Å². The van der Waals surface area contributed by atoms with Crippen molar-refractivity contribution in [2.75, 3.05) is 18.7 Å². The van der Waals surface area contributed by atoms with Crippen molar-refractivity contribution in [1.82, 2.24) is 14.8 Å². The topological polar surface area (TPSA) is 56.4 Å². The summed E-state index contributed by atoms with van der Waals surface area (Å²) in [6.45, 7) is 3.88. The molecule has 2 aromatic rings. The van der Waals surface area contributed by atoms with Crippen LogP contribution in [0.3, 0.4) is 0 Å². The molecule has 1 aromatic carbocycles. The predicted octanol–water partition coefficient (Wildman–Crippen LogP) is 3.45. The highest BCUT2D eigenvalue weighted by Gasteiger charge is 2.37. The van der Waals surface area contributed by atoms with E-state index in [2.05, 4.69) is 20.9 Å². The zero-order valence-electron chi connectivity index (χ0n) is 14.2. The molecule has 1 atom stereocenters. The van der Waals surface area contributed by atoms with Gasteiger partial charge in [0, 0.05) is 28.7 Å². The number of halogens is 2. The Labute approximate surface area is 158 Å². The molecule has 1 aliphatic heterocycles. The number of aromatic nitrogens is 1. The highest BCUT2D eigenvalue weighted by Crippen LogP contribution is 2.29. The van der Waals surface area contributed by atoms with Gasteiger partial charge in [-0.3, -0.25) is 9.59 Å². The van der Waals surface area contributed by atoms with Crippen molar-refractivity contribution in [3.8, 4) is 0 Å². The van der Waals surface area contributed by atoms with Gasteiger partial charge in [0.15, 0.2) is 0 Å². The average Bonchev–Trinajstić information content (AvgIpc) is 3.19. The first-order valence-corrected chi connectivity index (χ1v) is 9.87. The number of carbonyl (C=O) groups excluding carboxylic acids is 2. The first-order valence-electron chi connectivity index (χ1n) is 7.92. The molecule has 25 heavy (non-hydrogen) atoms. The van der Waals surface area contributed by atoms with E-state index in [1.165, 1.54) is 12.1 Å². The van der Waals surface area contributed by atoms with Crippen LogP contribution < -0.4 is 0 Å². The van der Waals surface area contributed by atoms with Crippen molar-refractivity contribution in [3.05, 3.63) is 34.2 Å². The molecule has 1 N–H and O–H groups in total. The zero-order valence-corrected chi connectivity index (χ0v) is 16.6. The molecule has 1 saturated heterocycles. The molecule has 5 nitrogen and oxygen atoms in total. The fourth-order valence-corrected chi connectivity index (χ4v) is 4.46. The summed E-state index contributed by atoms with van der Waals surface area (Å²) in [5, 5.41) is 0.735. The van der Waals surface area contributed by atoms with Gasteiger partial charge in [-0.25, -0.2) is 4.39 Å². The predicted molar refractivity (Wildman–Crippen MR) is 101 cm³/mol. The SMILES string of the molecule is CC(C)N(C)C(=O)C1CSCN1C(=O)c1cc2c(Br)cc(F)cc2[nH]1. The fourth-order valence-electron chi connectivity index (χ4n) is 2.77. The molecule has 1 aliphatic rings. The molecule has 0 aliphatic carbocycles. The number of benzene rings is 1. The van der Waals surface area contributed by atoms with Gasteiger partial charge in [-0.05, 0) is 48.0 Å². The minimum absolute atomic E-state index is 0.0586. The van der Waals surface area contributed by atoms with Gasteiger partial charge in [-0.2, -0.15) is 0 Å². The van der Waals surface area contributed by atoms with Gasteiger partial charge in [0.2, 0.25) is 5.91 Å². The third-order valence-electron chi connectivity index (χ3n) is 4.43. The van der Waals surface area contributed by atoms with Crippen molar-refractivity contribution in [2.24, 2.45) is 0 Å². The van der Waals surface area contributed by atoms with Gasteiger partial charge < -0.3 is 14.8 Å². The van der Waals surface area contributed by atoms with Crippen LogP contribution in [0.15, 0.2) is 22.7 Å². The summed E-state index contributed by atoms with van der Waals surface area (Å²) in [6, 6.07) is 4.00. The normalized spacial score (nSPS) is 17.5. The summed E-state index contributed by atoms with van der Waals surface area (Å²) in [4.78, 5) is 31.8. The summed E-state index contributed by atoms with van der Waals surface area (Å²) in [5.74, 6) is 0.357. The number of likely N-dealkylation sites (N-methyl/N-ethyl adjacent to an activating group) is 1. The van der Waals surface area contributed by atoms with E-state index in [-0.39, 0.29) is 23.7 Å². The van der Waals surface area contributed by atoms with Crippen LogP contribution in [0.25, 0.3) is 10.9 Å². The van der Waals surface area contributed by atoms with Crippen molar-refractivity contribution < 1.29 is 14.0 Å². The first kappa shape index (κ1) is 18.3. The Morgan fingerprint density at radius 1 is 1.40 bits per heavy atom. The third kappa shape index (κ3) is 3.42. The van der Waals surface area contributed by atoms with E-state index in [1.807, 2.05) is 13.8 Å². The second-order valence-corrected chi connectivity index (χ2v) is 8.22. The molecule has 0 bridgehead atoms. The highest BCUT2D eigenvalue weighted by molar-refractivity contribution is 9.10. The summed E-state index contributed by atoms with van der Waals surface area (Å²) in [7, 11) is 1.75. The quantitative estimate of drug-likeness (QED) is 0.815. The Hall–Kier alpha value is -1.54. The molecule has 0 radical (unpaired) electrons. The number of thioether (sulfide) groups is 1. The highest BCUT2D eigenvalue weighted by atomic mass is 79.9. The maximum atomic E-state index is 13.5. The van der Waals surface area contributed by atoms with E-state index >= 15 is 0 Å². The van der Waals surface area contributed by atoms with Crippen LogP contribution in [-0.4, -0.2) is 57.4 Å². The van der Waals surface area contributed by atoms with E-state index in [1.54, 1.807) is 34.7 Å². The number of nitrogens with one attached hydrogen (secondary N) is 1. The lowest BCUT2D eigenvalue weighted by Crippen LogP contribution is -2.49. The number of aromatic amines is 1. The standard InChI is InChI=1S/C17H19BrFN3O2S/c1-9(2)21(3)17(24)15-7-25-8-22(15)16(23)14-6-11-12(18)4-10(19)5-13(11)20-14/h4-6,9,15,20H,7-8H2,1-3H3. The van der Waals surface area contributed by atoms with Crippen molar-refractivity contribution in [2.45, 2.75) is 25.9 Å². The van der Waals surface area contributed by atoms with Crippen LogP contribution in [0.5, 0.6) is 0 Å². The van der Waals surface area contributed by atoms with Crippen LogP contribution in [0, 0.1) is 5.82 Å². The molecular formula is C17H19BrFN3O2S. The van der Waals surface area contributed by atoms with Gasteiger partial charge in [0.1, 0.15) is 17.6 Å². The summed E-state index contributed by atoms with van der Waals surface area (Å²) >= 11 is 4.87. The van der Waals surface area contributed by atoms with Crippen LogP contribution >= 0.6 is 27.7 Å². The van der Waals surface area contributed by atoms with Crippen LogP contribution in [0.1, 0.15) is 24.3 Å². The lowest BCUT2D eigenvalue weighted by atomic mass is 10.2. The number of carbonyl (C=O) groups is 2. The van der Waals surface area contributed by atoms with Crippen molar-refractivity contribution >= 4 is 50.4 Å². The molecule has 134 valence electrons. The van der Waals surface area contributed by atoms with Gasteiger partial charge in [-0.1, -0.05) is 0 Å². The number of rotatable bonds is 3. The largest absolute Gasteiger partial charge is 0.350 e. The van der Waals surface area contributed by atoms with E-state index in [9.17, 15) is 14.0 Å². The third-order valence-corrected chi connectivity index (χ3v) is 6.10. The first-order chi connectivity index (χ1) is 11.8. The van der Waals surface area contributed by atoms with Crippen LogP contribution in [-0.2, 0) is 4.79 Å². The molecule has 1 unspecified atom stereocenters. The minimum Gasteiger partial charge on any atom is -0.350 e. The van der Waals surface area contributed by atoms with E-state index in [0.29, 0.717) is 27.3 Å². The number of nitrogens with zero attached hydrogens (tertiary/aromatic N) is 2. The fraction of sp³-hybridized carbons (Fsp3) is 0.412. The maximum absolute atomic E-state index is 13.5. The molecule has 2 heterocycles. The smallest absolute Gasteiger partial charge is 0.271 e.